The number of ether oxygens (including phenoxy) is 2. The van der Waals surface area contributed by atoms with Crippen LogP contribution in [0.4, 0.5) is 0 Å². The minimum atomic E-state index is -0.912. The molecular weight excluding hydrogens is 334 g/mol. The number of carboxylic acid groups (broad SMARTS) is 1. The lowest BCUT2D eigenvalue weighted by atomic mass is 10.00. The molecule has 138 valence electrons. The molecule has 6 nitrogen and oxygen atoms in total. The Labute approximate surface area is 152 Å². The fourth-order valence-electron chi connectivity index (χ4n) is 3.30. The van der Waals surface area contributed by atoms with Crippen LogP contribution < -0.4 is 9.47 Å². The molecule has 3 rings (SSSR count). The number of phenols is 1. The van der Waals surface area contributed by atoms with Crippen molar-refractivity contribution in [2.24, 2.45) is 0 Å². The molecular formula is C20H23NO5. The van der Waals surface area contributed by atoms with Crippen LogP contribution in [0, 0.1) is 0 Å². The molecule has 0 bridgehead atoms. The van der Waals surface area contributed by atoms with Gasteiger partial charge in [-0.25, -0.2) is 0 Å². The van der Waals surface area contributed by atoms with Crippen LogP contribution in [0.1, 0.15) is 24.4 Å². The number of hydrogen-bond donors (Lipinski definition) is 2. The number of benzene rings is 2. The van der Waals surface area contributed by atoms with Gasteiger partial charge in [-0.1, -0.05) is 12.1 Å². The lowest BCUT2D eigenvalue weighted by Gasteiger charge is -2.35. The van der Waals surface area contributed by atoms with Crippen LogP contribution in [0.15, 0.2) is 48.5 Å². The summed E-state index contributed by atoms with van der Waals surface area (Å²) in [4.78, 5) is 13.7. The fraction of sp³-hybridized carbons (Fsp3) is 0.350. The summed E-state index contributed by atoms with van der Waals surface area (Å²) >= 11 is 0. The molecule has 2 N–H and O–H groups in total. The second kappa shape index (κ2) is 8.10. The van der Waals surface area contributed by atoms with E-state index in [0.717, 1.165) is 24.3 Å². The molecule has 0 spiro atoms. The molecule has 0 aromatic heterocycles. The Morgan fingerprint density at radius 2 is 1.77 bits per heavy atom. The first-order chi connectivity index (χ1) is 12.6. The second-order valence-corrected chi connectivity index (χ2v) is 6.36. The average Bonchev–Trinajstić information content (AvgIpc) is 2.64. The van der Waals surface area contributed by atoms with Gasteiger partial charge >= 0.3 is 5.97 Å². The van der Waals surface area contributed by atoms with E-state index in [0.29, 0.717) is 18.7 Å². The quantitative estimate of drug-likeness (QED) is 0.827. The van der Waals surface area contributed by atoms with Gasteiger partial charge in [-0.15, -0.1) is 0 Å². The van der Waals surface area contributed by atoms with Crippen LogP contribution in [0.3, 0.4) is 0 Å². The molecule has 6 heteroatoms. The maximum absolute atomic E-state index is 11.8. The maximum atomic E-state index is 11.8. The van der Waals surface area contributed by atoms with E-state index in [-0.39, 0.29) is 11.9 Å². The summed E-state index contributed by atoms with van der Waals surface area (Å²) in [7, 11) is 1.62. The highest BCUT2D eigenvalue weighted by Gasteiger charge is 2.31. The van der Waals surface area contributed by atoms with Crippen molar-refractivity contribution in [3.63, 3.8) is 0 Å². The summed E-state index contributed by atoms with van der Waals surface area (Å²) in [6.07, 6.45) is 1.54. The summed E-state index contributed by atoms with van der Waals surface area (Å²) in [5, 5.41) is 19.3. The lowest BCUT2D eigenvalue weighted by Crippen LogP contribution is -2.42. The number of piperidine rings is 1. The molecule has 1 aliphatic heterocycles. The van der Waals surface area contributed by atoms with Gasteiger partial charge in [0, 0.05) is 13.1 Å². The van der Waals surface area contributed by atoms with Crippen molar-refractivity contribution in [3.8, 4) is 17.2 Å². The van der Waals surface area contributed by atoms with Crippen molar-refractivity contribution in [3.05, 3.63) is 54.1 Å². The van der Waals surface area contributed by atoms with Crippen molar-refractivity contribution < 1.29 is 24.5 Å². The van der Waals surface area contributed by atoms with Crippen LogP contribution in [0.2, 0.25) is 0 Å². The van der Waals surface area contributed by atoms with Crippen molar-refractivity contribution in [1.29, 1.82) is 0 Å². The highest BCUT2D eigenvalue weighted by atomic mass is 16.5. The normalized spacial score (nSPS) is 16.8. The molecule has 26 heavy (non-hydrogen) atoms. The van der Waals surface area contributed by atoms with Crippen molar-refractivity contribution >= 4 is 5.97 Å². The SMILES string of the molecule is COc1ccc(OC2CCN(C(C(=O)O)c3cccc(O)c3)CC2)cc1. The Morgan fingerprint density at radius 3 is 2.35 bits per heavy atom. The number of rotatable bonds is 6. The Balaban J connectivity index is 1.61. The summed E-state index contributed by atoms with van der Waals surface area (Å²) in [6.45, 7) is 1.24. The summed E-state index contributed by atoms with van der Waals surface area (Å²) in [5.74, 6) is 0.728. The van der Waals surface area contributed by atoms with Crippen molar-refractivity contribution in [2.45, 2.75) is 25.0 Å². The third-order valence-corrected chi connectivity index (χ3v) is 4.62. The highest BCUT2D eigenvalue weighted by Crippen LogP contribution is 2.29. The number of aromatic hydroxyl groups is 1. The zero-order valence-corrected chi connectivity index (χ0v) is 14.7. The Morgan fingerprint density at radius 1 is 1.12 bits per heavy atom. The molecule has 2 aromatic carbocycles. The van der Waals surface area contributed by atoms with Gasteiger partial charge in [0.1, 0.15) is 29.4 Å². The third kappa shape index (κ3) is 4.26. The van der Waals surface area contributed by atoms with Gasteiger partial charge < -0.3 is 19.7 Å². The molecule has 0 saturated carbocycles. The second-order valence-electron chi connectivity index (χ2n) is 6.36. The standard InChI is InChI=1S/C20H23NO5/c1-25-16-5-7-17(8-6-16)26-18-9-11-21(12-10-18)19(20(23)24)14-3-2-4-15(22)13-14/h2-8,13,18-19,22H,9-12H2,1H3,(H,23,24). The Hall–Kier alpha value is -2.73. The molecule has 1 unspecified atom stereocenters. The predicted octanol–water partition coefficient (Wildman–Crippen LogP) is 3.07. The number of carbonyl (C=O) groups is 1. The predicted molar refractivity (Wildman–Crippen MR) is 96.7 cm³/mol. The molecule has 1 atom stereocenters. The Bertz CT molecular complexity index is 738. The van der Waals surface area contributed by atoms with E-state index in [4.69, 9.17) is 9.47 Å². The van der Waals surface area contributed by atoms with E-state index >= 15 is 0 Å². The first kappa shape index (κ1) is 18.1. The maximum Gasteiger partial charge on any atom is 0.325 e. The topological polar surface area (TPSA) is 79.2 Å². The zero-order valence-electron chi connectivity index (χ0n) is 14.7. The minimum Gasteiger partial charge on any atom is -0.508 e. The molecule has 2 aromatic rings. The monoisotopic (exact) mass is 357 g/mol. The van der Waals surface area contributed by atoms with Gasteiger partial charge in [0.2, 0.25) is 0 Å². The van der Waals surface area contributed by atoms with Crippen LogP contribution >= 0.6 is 0 Å². The lowest BCUT2D eigenvalue weighted by molar-refractivity contribution is -0.144. The molecule has 0 radical (unpaired) electrons. The first-order valence-electron chi connectivity index (χ1n) is 8.63. The zero-order chi connectivity index (χ0) is 18.5. The van der Waals surface area contributed by atoms with Crippen LogP contribution in [-0.4, -0.2) is 47.4 Å². The van der Waals surface area contributed by atoms with Crippen LogP contribution in [-0.2, 0) is 4.79 Å². The molecule has 1 aliphatic rings. The van der Waals surface area contributed by atoms with E-state index < -0.39 is 12.0 Å². The van der Waals surface area contributed by atoms with E-state index in [1.807, 2.05) is 29.2 Å². The van der Waals surface area contributed by atoms with Gasteiger partial charge in [-0.2, -0.15) is 0 Å². The van der Waals surface area contributed by atoms with E-state index in [9.17, 15) is 15.0 Å². The number of likely N-dealkylation sites (tertiary alicyclic amines) is 1. The summed E-state index contributed by atoms with van der Waals surface area (Å²) in [5.41, 5.74) is 0.590. The van der Waals surface area contributed by atoms with Gasteiger partial charge in [0.25, 0.3) is 0 Å². The number of aliphatic carboxylic acids is 1. The summed E-state index contributed by atoms with van der Waals surface area (Å²) in [6, 6.07) is 13.1. The molecule has 1 saturated heterocycles. The summed E-state index contributed by atoms with van der Waals surface area (Å²) < 4.78 is 11.1. The van der Waals surface area contributed by atoms with Gasteiger partial charge in [-0.05, 0) is 54.8 Å². The van der Waals surface area contributed by atoms with Crippen LogP contribution in [0.5, 0.6) is 17.2 Å². The van der Waals surface area contributed by atoms with Crippen LogP contribution in [0.25, 0.3) is 0 Å². The molecule has 0 amide bonds. The number of hydrogen-bond acceptors (Lipinski definition) is 5. The highest BCUT2D eigenvalue weighted by molar-refractivity contribution is 5.75. The van der Waals surface area contributed by atoms with E-state index in [1.54, 1.807) is 19.2 Å². The van der Waals surface area contributed by atoms with Gasteiger partial charge in [-0.3, -0.25) is 9.69 Å². The molecule has 1 fully saturated rings. The number of phenolic OH excluding ortho intramolecular Hbond substituents is 1. The average molecular weight is 357 g/mol. The minimum absolute atomic E-state index is 0.0539. The van der Waals surface area contributed by atoms with Gasteiger partial charge in [0.15, 0.2) is 0 Å². The number of nitrogens with zero attached hydrogens (tertiary/aromatic N) is 1. The third-order valence-electron chi connectivity index (χ3n) is 4.62. The van der Waals surface area contributed by atoms with E-state index in [2.05, 4.69) is 0 Å². The van der Waals surface area contributed by atoms with Crippen molar-refractivity contribution in [2.75, 3.05) is 20.2 Å². The number of carboxylic acids is 1. The molecule has 1 heterocycles. The van der Waals surface area contributed by atoms with Crippen molar-refractivity contribution in [1.82, 2.24) is 4.90 Å². The smallest absolute Gasteiger partial charge is 0.325 e. The Kier molecular flexibility index (Phi) is 5.63. The molecule has 0 aliphatic carbocycles. The largest absolute Gasteiger partial charge is 0.508 e. The first-order valence-corrected chi connectivity index (χ1v) is 8.63. The fourth-order valence-corrected chi connectivity index (χ4v) is 3.30. The number of methoxy groups -OCH3 is 1. The van der Waals surface area contributed by atoms with E-state index in [1.165, 1.54) is 12.1 Å². The van der Waals surface area contributed by atoms with Gasteiger partial charge in [0.05, 0.1) is 7.11 Å².